The van der Waals surface area contributed by atoms with Crippen molar-refractivity contribution in [3.63, 3.8) is 0 Å². The second kappa shape index (κ2) is 5.47. The topological polar surface area (TPSA) is 53.6 Å². The number of nitrogens with one attached hydrogen (secondary N) is 1. The molecule has 4 nitrogen and oxygen atoms in total. The van der Waals surface area contributed by atoms with Crippen LogP contribution in [0.5, 0.6) is 0 Å². The van der Waals surface area contributed by atoms with Crippen LogP contribution < -0.4 is 5.32 Å². The minimum absolute atomic E-state index is 0.425. The molecule has 1 aliphatic carbocycles. The molecule has 1 atom stereocenters. The number of aromatic nitrogens is 2. The van der Waals surface area contributed by atoms with Crippen molar-refractivity contribution >= 4 is 33.2 Å². The molecule has 2 aromatic rings. The highest BCUT2D eigenvalue weighted by Gasteiger charge is 2.28. The van der Waals surface area contributed by atoms with Gasteiger partial charge in [0, 0.05) is 16.2 Å². The third-order valence-electron chi connectivity index (χ3n) is 3.29. The molecule has 0 spiro atoms. The van der Waals surface area contributed by atoms with E-state index in [0.29, 0.717) is 11.1 Å². The number of imidazole rings is 1. The lowest BCUT2D eigenvalue weighted by atomic mass is 10.2. The van der Waals surface area contributed by atoms with Gasteiger partial charge in [0.25, 0.3) is 0 Å². The number of rotatable bonds is 4. The normalized spacial score (nSPS) is 15.7. The summed E-state index contributed by atoms with van der Waals surface area (Å²) in [4.78, 5) is 4.17. The molecule has 1 N–H and O–H groups in total. The number of halogens is 2. The van der Waals surface area contributed by atoms with Crippen molar-refractivity contribution in [2.24, 2.45) is 0 Å². The zero-order chi connectivity index (χ0) is 14.1. The second-order valence-corrected chi connectivity index (χ2v) is 6.05. The van der Waals surface area contributed by atoms with Gasteiger partial charge in [0.1, 0.15) is 0 Å². The van der Waals surface area contributed by atoms with Gasteiger partial charge < -0.3 is 9.88 Å². The molecule has 1 aromatic heterocycles. The van der Waals surface area contributed by atoms with E-state index >= 15 is 0 Å². The molecule has 20 heavy (non-hydrogen) atoms. The summed E-state index contributed by atoms with van der Waals surface area (Å²) >= 11 is 9.35. The van der Waals surface area contributed by atoms with Crippen LogP contribution in [0, 0.1) is 11.3 Å². The number of nitriles is 1. The van der Waals surface area contributed by atoms with Crippen LogP contribution in [0.25, 0.3) is 0 Å². The maximum Gasteiger partial charge on any atom is 0.156 e. The molecule has 6 heteroatoms. The molecule has 1 heterocycles. The summed E-state index contributed by atoms with van der Waals surface area (Å²) in [7, 11) is 0. The lowest BCUT2D eigenvalue weighted by Crippen LogP contribution is -2.13. The first-order chi connectivity index (χ1) is 9.69. The fourth-order valence-electron chi connectivity index (χ4n) is 2.12. The molecule has 1 aliphatic rings. The van der Waals surface area contributed by atoms with Crippen LogP contribution >= 0.6 is 27.5 Å². The Morgan fingerprint density at radius 3 is 2.95 bits per heavy atom. The van der Waals surface area contributed by atoms with Gasteiger partial charge in [0.15, 0.2) is 6.04 Å². The van der Waals surface area contributed by atoms with E-state index in [9.17, 15) is 5.26 Å². The molecule has 1 aromatic carbocycles. The Labute approximate surface area is 130 Å². The first-order valence-electron chi connectivity index (χ1n) is 6.32. The third-order valence-corrected chi connectivity index (χ3v) is 4.51. The van der Waals surface area contributed by atoms with Crippen molar-refractivity contribution in [3.8, 4) is 6.07 Å². The molecular weight excluding hydrogens is 340 g/mol. The van der Waals surface area contributed by atoms with Gasteiger partial charge in [-0.1, -0.05) is 11.6 Å². The van der Waals surface area contributed by atoms with Crippen LogP contribution in [-0.4, -0.2) is 9.55 Å². The van der Waals surface area contributed by atoms with Crippen molar-refractivity contribution in [1.29, 1.82) is 5.26 Å². The first kappa shape index (κ1) is 13.5. The van der Waals surface area contributed by atoms with E-state index in [1.54, 1.807) is 18.6 Å². The Morgan fingerprint density at radius 2 is 2.30 bits per heavy atom. The molecule has 0 radical (unpaired) electrons. The average Bonchev–Trinajstić information content (AvgIpc) is 3.18. The highest BCUT2D eigenvalue weighted by Crippen LogP contribution is 2.37. The van der Waals surface area contributed by atoms with Crippen LogP contribution in [0.1, 0.15) is 30.6 Å². The van der Waals surface area contributed by atoms with Crippen molar-refractivity contribution in [3.05, 3.63) is 45.9 Å². The number of hydrogen-bond donors (Lipinski definition) is 1. The monoisotopic (exact) mass is 350 g/mol. The summed E-state index contributed by atoms with van der Waals surface area (Å²) in [6.45, 7) is 0. The van der Waals surface area contributed by atoms with Crippen LogP contribution in [0.15, 0.2) is 35.2 Å². The SMILES string of the molecule is N#CC(Nc1ccc(Cl)c(Br)c1)c1cncn1C1CC1. The van der Waals surface area contributed by atoms with Gasteiger partial charge in [-0.15, -0.1) is 0 Å². The molecule has 0 bridgehead atoms. The number of benzene rings is 1. The Balaban J connectivity index is 1.85. The zero-order valence-electron chi connectivity index (χ0n) is 10.6. The molecule has 1 unspecified atom stereocenters. The summed E-state index contributed by atoms with van der Waals surface area (Å²) in [5, 5.41) is 13.3. The Bertz CT molecular complexity index is 672. The van der Waals surface area contributed by atoms with Gasteiger partial charge in [0.05, 0.1) is 29.3 Å². The largest absolute Gasteiger partial charge is 0.365 e. The summed E-state index contributed by atoms with van der Waals surface area (Å²) in [5.74, 6) is 0. The minimum Gasteiger partial charge on any atom is -0.365 e. The van der Waals surface area contributed by atoms with Gasteiger partial charge in [-0.2, -0.15) is 5.26 Å². The zero-order valence-corrected chi connectivity index (χ0v) is 12.9. The molecular formula is C14H12BrClN4. The maximum absolute atomic E-state index is 9.42. The van der Waals surface area contributed by atoms with Gasteiger partial charge in [-0.25, -0.2) is 4.98 Å². The lowest BCUT2D eigenvalue weighted by molar-refractivity contribution is 0.684. The highest BCUT2D eigenvalue weighted by molar-refractivity contribution is 9.10. The molecule has 1 fully saturated rings. The van der Waals surface area contributed by atoms with Gasteiger partial charge >= 0.3 is 0 Å². The van der Waals surface area contributed by atoms with Crippen molar-refractivity contribution in [2.45, 2.75) is 24.9 Å². The van der Waals surface area contributed by atoms with E-state index in [1.807, 2.05) is 12.1 Å². The summed E-state index contributed by atoms with van der Waals surface area (Å²) in [5.41, 5.74) is 1.75. The average molecular weight is 352 g/mol. The van der Waals surface area contributed by atoms with Gasteiger partial charge in [0.2, 0.25) is 0 Å². The number of anilines is 1. The number of hydrogen-bond acceptors (Lipinski definition) is 3. The van der Waals surface area contributed by atoms with Gasteiger partial charge in [-0.05, 0) is 47.0 Å². The molecule has 0 aliphatic heterocycles. The maximum atomic E-state index is 9.42. The Hall–Kier alpha value is -1.51. The van der Waals surface area contributed by atoms with Crippen LogP contribution in [-0.2, 0) is 0 Å². The third kappa shape index (κ3) is 2.67. The summed E-state index contributed by atoms with van der Waals surface area (Å²) < 4.78 is 2.89. The molecule has 3 rings (SSSR count). The lowest BCUT2D eigenvalue weighted by Gasteiger charge is -2.15. The summed E-state index contributed by atoms with van der Waals surface area (Å²) in [6.07, 6.45) is 5.88. The number of nitrogens with zero attached hydrogens (tertiary/aromatic N) is 3. The predicted octanol–water partition coefficient (Wildman–Crippen LogP) is 4.31. The Morgan fingerprint density at radius 1 is 1.50 bits per heavy atom. The van der Waals surface area contributed by atoms with Gasteiger partial charge in [-0.3, -0.25) is 0 Å². The molecule has 0 amide bonds. The van der Waals surface area contributed by atoms with Crippen molar-refractivity contribution in [1.82, 2.24) is 9.55 Å². The van der Waals surface area contributed by atoms with Crippen LogP contribution in [0.2, 0.25) is 5.02 Å². The van der Waals surface area contributed by atoms with E-state index in [2.05, 4.69) is 36.9 Å². The Kier molecular flexibility index (Phi) is 3.68. The summed E-state index contributed by atoms with van der Waals surface area (Å²) in [6, 6.07) is 7.88. The van der Waals surface area contributed by atoms with Crippen molar-refractivity contribution in [2.75, 3.05) is 5.32 Å². The minimum atomic E-state index is -0.425. The highest BCUT2D eigenvalue weighted by atomic mass is 79.9. The van der Waals surface area contributed by atoms with Crippen LogP contribution in [0.4, 0.5) is 5.69 Å². The molecule has 0 saturated heterocycles. The fourth-order valence-corrected chi connectivity index (χ4v) is 2.62. The molecule has 102 valence electrons. The van der Waals surface area contributed by atoms with E-state index in [0.717, 1.165) is 28.7 Å². The second-order valence-electron chi connectivity index (χ2n) is 4.79. The standard InChI is InChI=1S/C14H12BrClN4/c15-11-5-9(1-4-12(11)16)19-13(6-17)14-7-18-8-20(14)10-2-3-10/h1,4-5,7-8,10,13,19H,2-3H2. The smallest absolute Gasteiger partial charge is 0.156 e. The quantitative estimate of drug-likeness (QED) is 0.893. The van der Waals surface area contributed by atoms with E-state index in [4.69, 9.17) is 11.6 Å². The first-order valence-corrected chi connectivity index (χ1v) is 7.49. The predicted molar refractivity (Wildman–Crippen MR) is 81.6 cm³/mol. The fraction of sp³-hybridized carbons (Fsp3) is 0.286. The molecule has 1 saturated carbocycles. The van der Waals surface area contributed by atoms with E-state index in [1.165, 1.54) is 0 Å². The van der Waals surface area contributed by atoms with Crippen molar-refractivity contribution < 1.29 is 0 Å². The van der Waals surface area contributed by atoms with Crippen LogP contribution in [0.3, 0.4) is 0 Å². The van der Waals surface area contributed by atoms with E-state index in [-0.39, 0.29) is 0 Å². The van der Waals surface area contributed by atoms with E-state index < -0.39 is 6.04 Å².